The zero-order chi connectivity index (χ0) is 11.5. The molecular weight excluding hydrogens is 268 g/mol. The topological polar surface area (TPSA) is 34.2 Å². The molecule has 2 heterocycles. The molecule has 3 nitrogen and oxygen atoms in total. The molecular formula is C12H17BrN2O. The van der Waals surface area contributed by atoms with E-state index in [2.05, 4.69) is 39.2 Å². The van der Waals surface area contributed by atoms with Crippen LogP contribution in [0.1, 0.15) is 18.9 Å². The summed E-state index contributed by atoms with van der Waals surface area (Å²) < 4.78 is 6.56. The second-order valence-corrected chi connectivity index (χ2v) is 5.20. The first-order valence-corrected chi connectivity index (χ1v) is 6.43. The van der Waals surface area contributed by atoms with Gasteiger partial charge in [-0.25, -0.2) is 4.98 Å². The van der Waals surface area contributed by atoms with Crippen molar-refractivity contribution in [3.63, 3.8) is 0 Å². The first kappa shape index (κ1) is 11.9. The second-order valence-electron chi connectivity index (χ2n) is 4.35. The number of nitrogens with one attached hydrogen (secondary N) is 1. The van der Waals surface area contributed by atoms with Crippen molar-refractivity contribution in [2.45, 2.75) is 26.4 Å². The Morgan fingerprint density at radius 3 is 3.06 bits per heavy atom. The predicted octanol–water partition coefficient (Wildman–Crippen LogP) is 2.99. The maximum atomic E-state index is 5.53. The highest BCUT2D eigenvalue weighted by atomic mass is 79.9. The molecule has 88 valence electrons. The third-order valence-corrected chi connectivity index (χ3v) is 3.65. The lowest BCUT2D eigenvalue weighted by Gasteiger charge is -2.15. The van der Waals surface area contributed by atoms with E-state index in [1.807, 2.05) is 13.1 Å². The van der Waals surface area contributed by atoms with Gasteiger partial charge in [0.15, 0.2) is 0 Å². The maximum Gasteiger partial charge on any atom is 0.140 e. The summed E-state index contributed by atoms with van der Waals surface area (Å²) in [7, 11) is 0. The van der Waals surface area contributed by atoms with Crippen molar-refractivity contribution in [1.29, 1.82) is 0 Å². The summed E-state index contributed by atoms with van der Waals surface area (Å²) in [5, 5.41) is 3.37. The Labute approximate surface area is 105 Å². The Morgan fingerprint density at radius 1 is 1.62 bits per heavy atom. The van der Waals surface area contributed by atoms with E-state index in [0.29, 0.717) is 12.0 Å². The first-order valence-electron chi connectivity index (χ1n) is 5.64. The average Bonchev–Trinajstić information content (AvgIpc) is 2.63. The number of nitrogens with zero attached hydrogens (tertiary/aromatic N) is 1. The molecule has 2 rings (SSSR count). The molecule has 2 atom stereocenters. The summed E-state index contributed by atoms with van der Waals surface area (Å²) in [5.41, 5.74) is 1.16. The molecule has 1 aliphatic heterocycles. The molecule has 2 unspecified atom stereocenters. The molecule has 0 aliphatic carbocycles. The molecule has 0 bridgehead atoms. The van der Waals surface area contributed by atoms with E-state index in [9.17, 15) is 0 Å². The minimum Gasteiger partial charge on any atom is -0.378 e. The zero-order valence-electron chi connectivity index (χ0n) is 9.66. The lowest BCUT2D eigenvalue weighted by Crippen LogP contribution is -2.21. The molecule has 0 amide bonds. The SMILES string of the molecule is Cc1cnc(NCC2CCOC2C)c(Br)c1. The summed E-state index contributed by atoms with van der Waals surface area (Å²) >= 11 is 3.52. The second kappa shape index (κ2) is 5.15. The summed E-state index contributed by atoms with van der Waals surface area (Å²) in [5.74, 6) is 1.51. The normalized spacial score (nSPS) is 24.7. The molecule has 1 saturated heterocycles. The van der Waals surface area contributed by atoms with Crippen LogP contribution in [0.3, 0.4) is 0 Å². The van der Waals surface area contributed by atoms with E-state index < -0.39 is 0 Å². The molecule has 0 saturated carbocycles. The van der Waals surface area contributed by atoms with Crippen molar-refractivity contribution in [1.82, 2.24) is 4.98 Å². The fourth-order valence-corrected chi connectivity index (χ4v) is 2.54. The molecule has 0 radical (unpaired) electrons. The first-order chi connectivity index (χ1) is 7.66. The van der Waals surface area contributed by atoms with Crippen molar-refractivity contribution in [2.24, 2.45) is 5.92 Å². The fourth-order valence-electron chi connectivity index (χ4n) is 1.94. The number of rotatable bonds is 3. The zero-order valence-corrected chi connectivity index (χ0v) is 11.3. The highest BCUT2D eigenvalue weighted by Gasteiger charge is 2.23. The average molecular weight is 285 g/mol. The van der Waals surface area contributed by atoms with Crippen LogP contribution in [0, 0.1) is 12.8 Å². The number of pyridine rings is 1. The van der Waals surface area contributed by atoms with Crippen LogP contribution >= 0.6 is 15.9 Å². The molecule has 0 spiro atoms. The monoisotopic (exact) mass is 284 g/mol. The minimum atomic E-state index is 0.358. The van der Waals surface area contributed by atoms with E-state index in [1.54, 1.807) is 0 Å². The van der Waals surface area contributed by atoms with Gasteiger partial charge < -0.3 is 10.1 Å². The van der Waals surface area contributed by atoms with Crippen molar-refractivity contribution >= 4 is 21.7 Å². The summed E-state index contributed by atoms with van der Waals surface area (Å²) in [6.45, 7) is 5.98. The Balaban J connectivity index is 1.94. The molecule has 0 aromatic carbocycles. The fraction of sp³-hybridized carbons (Fsp3) is 0.583. The Morgan fingerprint density at radius 2 is 2.44 bits per heavy atom. The van der Waals surface area contributed by atoms with Crippen LogP contribution < -0.4 is 5.32 Å². The number of hydrogen-bond donors (Lipinski definition) is 1. The van der Waals surface area contributed by atoms with Crippen molar-refractivity contribution in [3.05, 3.63) is 22.3 Å². The third-order valence-electron chi connectivity index (χ3n) is 3.04. The Bertz CT molecular complexity index is 370. The van der Waals surface area contributed by atoms with Gasteiger partial charge in [-0.2, -0.15) is 0 Å². The number of anilines is 1. The number of halogens is 1. The van der Waals surface area contributed by atoms with Gasteiger partial charge in [-0.3, -0.25) is 0 Å². The van der Waals surface area contributed by atoms with Crippen molar-refractivity contribution in [3.8, 4) is 0 Å². The summed E-state index contributed by atoms with van der Waals surface area (Å²) in [6.07, 6.45) is 3.37. The molecule has 1 fully saturated rings. The molecule has 1 aliphatic rings. The van der Waals surface area contributed by atoms with E-state index in [4.69, 9.17) is 4.74 Å². The van der Waals surface area contributed by atoms with Crippen molar-refractivity contribution in [2.75, 3.05) is 18.5 Å². The molecule has 4 heteroatoms. The van der Waals surface area contributed by atoms with Gasteiger partial charge in [-0.05, 0) is 47.8 Å². The van der Waals surface area contributed by atoms with Crippen LogP contribution in [-0.2, 0) is 4.74 Å². The van der Waals surface area contributed by atoms with Gasteiger partial charge in [-0.15, -0.1) is 0 Å². The van der Waals surface area contributed by atoms with Crippen LogP contribution in [0.2, 0.25) is 0 Å². The Hall–Kier alpha value is -0.610. The molecule has 1 aromatic rings. The van der Waals surface area contributed by atoms with Gasteiger partial charge in [0.2, 0.25) is 0 Å². The standard InChI is InChI=1S/C12H17BrN2O/c1-8-5-11(13)12(14-6-8)15-7-10-3-4-16-9(10)2/h5-6,9-10H,3-4,7H2,1-2H3,(H,14,15). The maximum absolute atomic E-state index is 5.53. The number of aromatic nitrogens is 1. The van der Waals surface area contributed by atoms with Gasteiger partial charge in [0.25, 0.3) is 0 Å². The van der Waals surface area contributed by atoms with Crippen LogP contribution in [0.15, 0.2) is 16.7 Å². The van der Waals surface area contributed by atoms with Gasteiger partial charge in [-0.1, -0.05) is 0 Å². The van der Waals surface area contributed by atoms with Gasteiger partial charge in [0.1, 0.15) is 5.82 Å². The summed E-state index contributed by atoms with van der Waals surface area (Å²) in [6, 6.07) is 2.07. The summed E-state index contributed by atoms with van der Waals surface area (Å²) in [4.78, 5) is 4.37. The van der Waals surface area contributed by atoms with Crippen LogP contribution in [0.25, 0.3) is 0 Å². The molecule has 1 N–H and O–H groups in total. The van der Waals surface area contributed by atoms with E-state index >= 15 is 0 Å². The van der Waals surface area contributed by atoms with Crippen LogP contribution in [0.4, 0.5) is 5.82 Å². The van der Waals surface area contributed by atoms with Gasteiger partial charge >= 0.3 is 0 Å². The van der Waals surface area contributed by atoms with E-state index in [0.717, 1.165) is 35.4 Å². The largest absolute Gasteiger partial charge is 0.378 e. The number of aryl methyl sites for hydroxylation is 1. The molecule has 1 aromatic heterocycles. The van der Waals surface area contributed by atoms with Gasteiger partial charge in [0.05, 0.1) is 10.6 Å². The van der Waals surface area contributed by atoms with E-state index in [1.165, 1.54) is 0 Å². The lowest BCUT2D eigenvalue weighted by molar-refractivity contribution is 0.108. The Kier molecular flexibility index (Phi) is 3.82. The van der Waals surface area contributed by atoms with Crippen molar-refractivity contribution < 1.29 is 4.74 Å². The van der Waals surface area contributed by atoms with Crippen LogP contribution in [0.5, 0.6) is 0 Å². The highest BCUT2D eigenvalue weighted by Crippen LogP contribution is 2.24. The van der Waals surface area contributed by atoms with E-state index in [-0.39, 0.29) is 0 Å². The highest BCUT2D eigenvalue weighted by molar-refractivity contribution is 9.10. The van der Waals surface area contributed by atoms with Gasteiger partial charge in [0, 0.05) is 25.3 Å². The quantitative estimate of drug-likeness (QED) is 0.927. The predicted molar refractivity (Wildman–Crippen MR) is 68.7 cm³/mol. The number of hydrogen-bond acceptors (Lipinski definition) is 3. The minimum absolute atomic E-state index is 0.358. The smallest absolute Gasteiger partial charge is 0.140 e. The molecule has 16 heavy (non-hydrogen) atoms. The number of ether oxygens (including phenoxy) is 1. The van der Waals surface area contributed by atoms with Crippen LogP contribution in [-0.4, -0.2) is 24.2 Å². The third kappa shape index (κ3) is 2.74. The lowest BCUT2D eigenvalue weighted by atomic mass is 10.0.